The van der Waals surface area contributed by atoms with Crippen molar-refractivity contribution in [3.05, 3.63) is 59.2 Å². The van der Waals surface area contributed by atoms with E-state index in [9.17, 15) is 15.0 Å². The Kier molecular flexibility index (Phi) is 3.67. The first-order valence-corrected chi connectivity index (χ1v) is 12.2. The highest BCUT2D eigenvalue weighted by atomic mass is 16.3. The zero-order valence-corrected chi connectivity index (χ0v) is 18.3. The number of likely N-dealkylation sites (tertiary alicyclic amines) is 1. The summed E-state index contributed by atoms with van der Waals surface area (Å²) in [6, 6.07) is 13.6. The van der Waals surface area contributed by atoms with Gasteiger partial charge in [0.25, 0.3) is 0 Å². The first kappa shape index (κ1) is 19.1. The summed E-state index contributed by atoms with van der Waals surface area (Å²) in [5.41, 5.74) is 1.86. The fourth-order valence-electron chi connectivity index (χ4n) is 7.65. The van der Waals surface area contributed by atoms with Crippen LogP contribution in [-0.4, -0.2) is 51.2 Å². The molecular formula is C27H30N2O3. The van der Waals surface area contributed by atoms with Gasteiger partial charge in [-0.3, -0.25) is 9.69 Å². The fourth-order valence-corrected chi connectivity index (χ4v) is 7.65. The van der Waals surface area contributed by atoms with Crippen molar-refractivity contribution in [1.82, 2.24) is 4.90 Å². The number of piperidine rings is 1. The molecule has 4 atom stereocenters. The summed E-state index contributed by atoms with van der Waals surface area (Å²) < 4.78 is 0. The number of benzene rings is 2. The number of phenolic OH excluding ortho intramolecular Hbond substituents is 1. The molecule has 1 saturated heterocycles. The van der Waals surface area contributed by atoms with Crippen LogP contribution in [0.4, 0.5) is 5.69 Å². The van der Waals surface area contributed by atoms with Crippen molar-refractivity contribution >= 4 is 11.5 Å². The van der Waals surface area contributed by atoms with Gasteiger partial charge in [-0.1, -0.05) is 18.2 Å². The summed E-state index contributed by atoms with van der Waals surface area (Å²) >= 11 is 0. The Bertz CT molecular complexity index is 1140. The zero-order chi connectivity index (χ0) is 21.7. The smallest absolute Gasteiger partial charge is 0.190 e. The highest BCUT2D eigenvalue weighted by Crippen LogP contribution is 2.62. The molecule has 2 bridgehead atoms. The van der Waals surface area contributed by atoms with Gasteiger partial charge in [0, 0.05) is 29.3 Å². The highest BCUT2D eigenvalue weighted by Gasteiger charge is 2.69. The summed E-state index contributed by atoms with van der Waals surface area (Å²) in [5, 5.41) is 26.5. The quantitative estimate of drug-likeness (QED) is 0.679. The number of ketones is 1. The highest BCUT2D eigenvalue weighted by molar-refractivity contribution is 6.13. The number of para-hydroxylation sites is 1. The average Bonchev–Trinajstić information content (AvgIpc) is 3.56. The number of aromatic hydroxyl groups is 1. The molecule has 3 fully saturated rings. The van der Waals surface area contributed by atoms with Crippen LogP contribution >= 0.6 is 0 Å². The number of phenols is 1. The van der Waals surface area contributed by atoms with Crippen LogP contribution in [0.15, 0.2) is 42.5 Å². The number of fused-ring (bicyclic) bond motifs is 2. The predicted octanol–water partition coefficient (Wildman–Crippen LogP) is 3.63. The topological polar surface area (TPSA) is 72.8 Å². The number of carbonyl (C=O) groups excluding carboxylic acids is 1. The summed E-state index contributed by atoms with van der Waals surface area (Å²) in [4.78, 5) is 16.2. The number of rotatable bonds is 2. The van der Waals surface area contributed by atoms with E-state index in [0.29, 0.717) is 19.3 Å². The van der Waals surface area contributed by atoms with E-state index in [1.165, 1.54) is 18.4 Å². The monoisotopic (exact) mass is 430 g/mol. The number of hydrogen-bond acceptors (Lipinski definition) is 5. The molecule has 2 aromatic carbocycles. The van der Waals surface area contributed by atoms with Crippen LogP contribution in [0.1, 0.15) is 60.0 Å². The van der Waals surface area contributed by atoms with E-state index in [0.717, 1.165) is 48.7 Å². The van der Waals surface area contributed by atoms with Crippen molar-refractivity contribution in [3.8, 4) is 5.75 Å². The number of anilines is 1. The summed E-state index contributed by atoms with van der Waals surface area (Å²) in [7, 11) is 0. The van der Waals surface area contributed by atoms with E-state index < -0.39 is 16.6 Å². The molecule has 2 aromatic rings. The maximum absolute atomic E-state index is 13.7. The van der Waals surface area contributed by atoms with E-state index >= 15 is 0 Å². The fraction of sp³-hybridized carbons (Fsp3) is 0.519. The molecule has 1 unspecified atom stereocenters. The molecule has 5 nitrogen and oxygen atoms in total. The van der Waals surface area contributed by atoms with E-state index in [4.69, 9.17) is 0 Å². The number of Topliss-reactive ketones (excluding diaryl/α,β-unsaturated/α-hetero) is 1. The third kappa shape index (κ3) is 2.33. The largest absolute Gasteiger partial charge is 0.508 e. The van der Waals surface area contributed by atoms with Gasteiger partial charge in [0.2, 0.25) is 0 Å². The van der Waals surface area contributed by atoms with Gasteiger partial charge in [-0.05, 0) is 92.8 Å². The van der Waals surface area contributed by atoms with Crippen molar-refractivity contribution in [2.45, 2.75) is 67.5 Å². The number of nitrogens with one attached hydrogen (secondary N) is 1. The Hall–Kier alpha value is -2.37. The minimum absolute atomic E-state index is 0.0742. The lowest BCUT2D eigenvalue weighted by molar-refractivity contribution is -0.172. The minimum Gasteiger partial charge on any atom is -0.508 e. The average molecular weight is 431 g/mol. The van der Waals surface area contributed by atoms with Gasteiger partial charge in [-0.2, -0.15) is 0 Å². The maximum Gasteiger partial charge on any atom is 0.190 e. The second kappa shape index (κ2) is 6.15. The van der Waals surface area contributed by atoms with Gasteiger partial charge in [0.15, 0.2) is 5.78 Å². The van der Waals surface area contributed by atoms with E-state index in [-0.39, 0.29) is 17.6 Å². The molecule has 2 aliphatic heterocycles. The molecule has 5 heteroatoms. The van der Waals surface area contributed by atoms with Gasteiger partial charge in [-0.15, -0.1) is 0 Å². The molecule has 2 heterocycles. The Balaban J connectivity index is 1.37. The first-order valence-electron chi connectivity index (χ1n) is 12.2. The lowest BCUT2D eigenvalue weighted by atomic mass is 9.46. The SMILES string of the molecule is O=C1c2ccccc2NC12CC[C@@]1(O)[C@H]3Cc4ccc(O)cc4[C@@]1(CCN3CC1CC1)C2. The van der Waals surface area contributed by atoms with Crippen LogP contribution in [0.5, 0.6) is 5.75 Å². The first-order chi connectivity index (χ1) is 15.4. The van der Waals surface area contributed by atoms with Gasteiger partial charge >= 0.3 is 0 Å². The van der Waals surface area contributed by atoms with Gasteiger partial charge < -0.3 is 15.5 Å². The number of hydrogen-bond donors (Lipinski definition) is 3. The van der Waals surface area contributed by atoms with E-state index in [1.54, 1.807) is 6.07 Å². The Morgan fingerprint density at radius 1 is 1.09 bits per heavy atom. The van der Waals surface area contributed by atoms with Crippen molar-refractivity contribution in [2.24, 2.45) is 5.92 Å². The molecule has 7 rings (SSSR count). The van der Waals surface area contributed by atoms with E-state index in [1.807, 2.05) is 36.4 Å². The minimum atomic E-state index is -0.886. The summed E-state index contributed by atoms with van der Waals surface area (Å²) in [6.45, 7) is 2.01. The Morgan fingerprint density at radius 3 is 2.75 bits per heavy atom. The van der Waals surface area contributed by atoms with E-state index in [2.05, 4.69) is 10.2 Å². The molecular weight excluding hydrogens is 400 g/mol. The Morgan fingerprint density at radius 2 is 1.94 bits per heavy atom. The molecule has 1 spiro atoms. The molecule has 2 saturated carbocycles. The summed E-state index contributed by atoms with van der Waals surface area (Å²) in [6.07, 6.45) is 6.05. The molecule has 32 heavy (non-hydrogen) atoms. The second-order valence-electron chi connectivity index (χ2n) is 11.0. The maximum atomic E-state index is 13.7. The predicted molar refractivity (Wildman–Crippen MR) is 122 cm³/mol. The molecule has 166 valence electrons. The molecule has 0 amide bonds. The van der Waals surface area contributed by atoms with Gasteiger partial charge in [-0.25, -0.2) is 0 Å². The van der Waals surface area contributed by atoms with Crippen LogP contribution in [0.2, 0.25) is 0 Å². The van der Waals surface area contributed by atoms with Gasteiger partial charge in [0.05, 0.1) is 5.60 Å². The van der Waals surface area contributed by atoms with Crippen molar-refractivity contribution in [2.75, 3.05) is 18.4 Å². The third-order valence-electron chi connectivity index (χ3n) is 9.38. The number of carbonyl (C=O) groups is 1. The normalized spacial score (nSPS) is 37.5. The molecule has 3 aliphatic carbocycles. The van der Waals surface area contributed by atoms with Crippen molar-refractivity contribution in [1.29, 1.82) is 0 Å². The third-order valence-corrected chi connectivity index (χ3v) is 9.38. The van der Waals surface area contributed by atoms with Crippen molar-refractivity contribution in [3.63, 3.8) is 0 Å². The van der Waals surface area contributed by atoms with Crippen LogP contribution in [0.3, 0.4) is 0 Å². The molecule has 5 aliphatic rings. The van der Waals surface area contributed by atoms with Crippen molar-refractivity contribution < 1.29 is 15.0 Å². The molecule has 3 N–H and O–H groups in total. The number of aliphatic hydroxyl groups is 1. The number of nitrogens with zero attached hydrogens (tertiary/aromatic N) is 1. The van der Waals surface area contributed by atoms with Crippen LogP contribution in [0, 0.1) is 5.92 Å². The zero-order valence-electron chi connectivity index (χ0n) is 18.3. The van der Waals surface area contributed by atoms with Crippen LogP contribution in [-0.2, 0) is 11.8 Å². The second-order valence-corrected chi connectivity index (χ2v) is 11.0. The lowest BCUT2D eigenvalue weighted by Gasteiger charge is -2.66. The molecule has 0 radical (unpaired) electrons. The van der Waals surface area contributed by atoms with Crippen LogP contribution in [0.25, 0.3) is 0 Å². The summed E-state index contributed by atoms with van der Waals surface area (Å²) in [5.74, 6) is 1.18. The molecule has 0 aromatic heterocycles. The lowest BCUT2D eigenvalue weighted by Crippen LogP contribution is -2.75. The standard InChI is InChI=1S/C27H30N2O3/c30-19-8-7-18-13-23-27(32)10-9-26(24(31)20-3-1-2-4-22(20)28-26)16-25(27,21(18)14-19)11-12-29(23)15-17-5-6-17/h1-4,7-8,14,17,23,28,30,32H,5-6,9-13,15-16H2/t23-,25-,26?,27-/m1/s1. The Labute approximate surface area is 188 Å². The van der Waals surface area contributed by atoms with Crippen LogP contribution < -0.4 is 5.32 Å². The van der Waals surface area contributed by atoms with Gasteiger partial charge in [0.1, 0.15) is 11.3 Å².